The van der Waals surface area contributed by atoms with Gasteiger partial charge in [0, 0.05) is 56.7 Å². The maximum Gasteiger partial charge on any atom is 0.208 e. The van der Waals surface area contributed by atoms with Crippen LogP contribution in [0.1, 0.15) is 11.1 Å². The average molecular weight is 339 g/mol. The third kappa shape index (κ3) is 2.70. The van der Waals surface area contributed by atoms with Gasteiger partial charge in [0.05, 0.1) is 5.69 Å². The van der Waals surface area contributed by atoms with Gasteiger partial charge in [-0.3, -0.25) is 4.98 Å². The Labute approximate surface area is 144 Å². The van der Waals surface area contributed by atoms with E-state index in [-0.39, 0.29) is 0 Å². The Morgan fingerprint density at radius 3 is 2.96 bits per heavy atom. The molecule has 0 spiro atoms. The first kappa shape index (κ1) is 15.0. The highest BCUT2D eigenvalue weighted by atomic mass is 32.1. The molecule has 0 amide bonds. The molecule has 7 nitrogen and oxygen atoms in total. The third-order valence-electron chi connectivity index (χ3n) is 3.90. The van der Waals surface area contributed by atoms with Crippen LogP contribution in [0.15, 0.2) is 30.6 Å². The van der Waals surface area contributed by atoms with Gasteiger partial charge < -0.3 is 15.5 Å². The molecule has 8 heteroatoms. The highest BCUT2D eigenvalue weighted by molar-refractivity contribution is 7.09. The second-order valence-corrected chi connectivity index (χ2v) is 6.47. The molecular formula is C16H17N7S. The van der Waals surface area contributed by atoms with E-state index in [1.807, 2.05) is 43.4 Å². The second-order valence-electron chi connectivity index (χ2n) is 5.71. The van der Waals surface area contributed by atoms with E-state index in [9.17, 15) is 0 Å². The molecule has 24 heavy (non-hydrogen) atoms. The topological polar surface area (TPSA) is 78.9 Å². The van der Waals surface area contributed by atoms with Crippen molar-refractivity contribution in [1.82, 2.24) is 24.6 Å². The summed E-state index contributed by atoms with van der Waals surface area (Å²) in [7, 11) is 3.97. The first-order valence-corrected chi connectivity index (χ1v) is 8.40. The Morgan fingerprint density at radius 2 is 2.08 bits per heavy atom. The molecule has 122 valence electrons. The molecule has 3 aromatic heterocycles. The van der Waals surface area contributed by atoms with Gasteiger partial charge in [-0.2, -0.15) is 9.36 Å². The number of rotatable bonds is 4. The highest BCUT2D eigenvalue weighted by Crippen LogP contribution is 2.30. The van der Waals surface area contributed by atoms with Gasteiger partial charge >= 0.3 is 0 Å². The minimum absolute atomic E-state index is 0.658. The number of pyridine rings is 2. The summed E-state index contributed by atoms with van der Waals surface area (Å²) in [6.07, 6.45) is 3.58. The molecule has 1 aliphatic rings. The molecule has 0 fully saturated rings. The molecule has 0 bridgehead atoms. The maximum absolute atomic E-state index is 4.60. The Balaban J connectivity index is 1.64. The summed E-state index contributed by atoms with van der Waals surface area (Å²) >= 11 is 1.31. The highest BCUT2D eigenvalue weighted by Gasteiger charge is 2.19. The molecule has 0 saturated heterocycles. The van der Waals surface area contributed by atoms with E-state index >= 15 is 0 Å². The van der Waals surface area contributed by atoms with Crippen molar-refractivity contribution in [3.05, 3.63) is 41.7 Å². The predicted octanol–water partition coefficient (Wildman–Crippen LogP) is 2.41. The monoisotopic (exact) mass is 339 g/mol. The minimum Gasteiger partial charge on any atom is -0.375 e. The molecule has 1 aliphatic heterocycles. The van der Waals surface area contributed by atoms with E-state index in [2.05, 4.69) is 30.0 Å². The SMILES string of the molecule is CN(C)c1cccnc1Nc1nc(-c2nccc3c2CNC3)ns1. The summed E-state index contributed by atoms with van der Waals surface area (Å²) in [6, 6.07) is 5.96. The molecule has 2 N–H and O–H groups in total. The lowest BCUT2D eigenvalue weighted by Crippen LogP contribution is -2.11. The molecule has 0 aliphatic carbocycles. The van der Waals surface area contributed by atoms with E-state index in [0.717, 1.165) is 30.3 Å². The fourth-order valence-electron chi connectivity index (χ4n) is 2.74. The first-order chi connectivity index (χ1) is 11.7. The van der Waals surface area contributed by atoms with Gasteiger partial charge in [0.1, 0.15) is 5.69 Å². The minimum atomic E-state index is 0.658. The number of anilines is 3. The van der Waals surface area contributed by atoms with Gasteiger partial charge in [-0.05, 0) is 23.8 Å². The van der Waals surface area contributed by atoms with Crippen molar-refractivity contribution in [3.63, 3.8) is 0 Å². The summed E-state index contributed by atoms with van der Waals surface area (Å²) in [5.41, 5.74) is 4.31. The number of hydrogen-bond donors (Lipinski definition) is 2. The first-order valence-electron chi connectivity index (χ1n) is 7.63. The van der Waals surface area contributed by atoms with Crippen LogP contribution in [0, 0.1) is 0 Å². The van der Waals surface area contributed by atoms with Crippen molar-refractivity contribution >= 4 is 28.2 Å². The van der Waals surface area contributed by atoms with Crippen molar-refractivity contribution in [2.75, 3.05) is 24.3 Å². The quantitative estimate of drug-likeness (QED) is 0.755. The predicted molar refractivity (Wildman–Crippen MR) is 95.5 cm³/mol. The normalized spacial score (nSPS) is 12.9. The smallest absolute Gasteiger partial charge is 0.208 e. The van der Waals surface area contributed by atoms with Gasteiger partial charge in [0.25, 0.3) is 0 Å². The van der Waals surface area contributed by atoms with E-state index < -0.39 is 0 Å². The fraction of sp³-hybridized carbons (Fsp3) is 0.250. The number of fused-ring (bicyclic) bond motifs is 1. The van der Waals surface area contributed by atoms with Gasteiger partial charge in [0.15, 0.2) is 11.6 Å². The van der Waals surface area contributed by atoms with Crippen LogP contribution in [0.25, 0.3) is 11.5 Å². The molecule has 3 aromatic rings. The van der Waals surface area contributed by atoms with E-state index in [1.165, 1.54) is 22.7 Å². The van der Waals surface area contributed by atoms with E-state index in [4.69, 9.17) is 0 Å². The van der Waals surface area contributed by atoms with Crippen LogP contribution >= 0.6 is 11.5 Å². The van der Waals surface area contributed by atoms with E-state index in [0.29, 0.717) is 11.0 Å². The van der Waals surface area contributed by atoms with Crippen LogP contribution in [0.2, 0.25) is 0 Å². The number of aromatic nitrogens is 4. The zero-order valence-electron chi connectivity index (χ0n) is 13.4. The molecule has 0 unspecified atom stereocenters. The van der Waals surface area contributed by atoms with Crippen LogP contribution in [-0.2, 0) is 13.1 Å². The fourth-order valence-corrected chi connectivity index (χ4v) is 3.31. The van der Waals surface area contributed by atoms with Crippen LogP contribution in [0.4, 0.5) is 16.6 Å². The van der Waals surface area contributed by atoms with Crippen molar-refractivity contribution in [2.24, 2.45) is 0 Å². The second kappa shape index (κ2) is 6.14. The molecule has 4 rings (SSSR count). The van der Waals surface area contributed by atoms with Crippen molar-refractivity contribution in [2.45, 2.75) is 13.1 Å². The Hall–Kier alpha value is -2.58. The lowest BCUT2D eigenvalue weighted by molar-refractivity contribution is 0.764. The van der Waals surface area contributed by atoms with Gasteiger partial charge in [0.2, 0.25) is 5.13 Å². The standard InChI is InChI=1S/C16H17N7S/c1-23(2)12-4-3-6-19-14(12)20-16-21-15(22-24-16)13-11-9-17-8-10(11)5-7-18-13/h3-7,17H,8-9H2,1-2H3,(H,19,20,21,22). The molecular weight excluding hydrogens is 322 g/mol. The van der Waals surface area contributed by atoms with Crippen LogP contribution < -0.4 is 15.5 Å². The van der Waals surface area contributed by atoms with Crippen molar-refractivity contribution in [3.8, 4) is 11.5 Å². The van der Waals surface area contributed by atoms with E-state index in [1.54, 1.807) is 6.20 Å². The Morgan fingerprint density at radius 1 is 1.17 bits per heavy atom. The molecule has 4 heterocycles. The zero-order valence-corrected chi connectivity index (χ0v) is 14.3. The summed E-state index contributed by atoms with van der Waals surface area (Å²) in [5, 5.41) is 7.31. The summed E-state index contributed by atoms with van der Waals surface area (Å²) in [5.74, 6) is 1.42. The molecule has 0 saturated carbocycles. The van der Waals surface area contributed by atoms with Gasteiger partial charge in [-0.25, -0.2) is 4.98 Å². The summed E-state index contributed by atoms with van der Waals surface area (Å²) < 4.78 is 4.47. The van der Waals surface area contributed by atoms with Gasteiger partial charge in [-0.15, -0.1) is 0 Å². The molecule has 0 radical (unpaired) electrons. The van der Waals surface area contributed by atoms with Crippen molar-refractivity contribution in [1.29, 1.82) is 0 Å². The Kier molecular flexibility index (Phi) is 3.83. The lowest BCUT2D eigenvalue weighted by atomic mass is 10.1. The van der Waals surface area contributed by atoms with Gasteiger partial charge in [-0.1, -0.05) is 0 Å². The summed E-state index contributed by atoms with van der Waals surface area (Å²) in [4.78, 5) is 15.5. The zero-order chi connectivity index (χ0) is 16.5. The third-order valence-corrected chi connectivity index (χ3v) is 4.53. The number of nitrogens with one attached hydrogen (secondary N) is 2. The number of hydrogen-bond acceptors (Lipinski definition) is 8. The number of nitrogens with zero attached hydrogens (tertiary/aromatic N) is 5. The average Bonchev–Trinajstić information content (AvgIpc) is 3.23. The van der Waals surface area contributed by atoms with Crippen LogP contribution in [-0.4, -0.2) is 33.4 Å². The Bertz CT molecular complexity index is 874. The molecule has 0 atom stereocenters. The van der Waals surface area contributed by atoms with Crippen molar-refractivity contribution < 1.29 is 0 Å². The van der Waals surface area contributed by atoms with Crippen LogP contribution in [0.5, 0.6) is 0 Å². The largest absolute Gasteiger partial charge is 0.375 e. The molecule has 0 aromatic carbocycles. The maximum atomic E-state index is 4.60. The lowest BCUT2D eigenvalue weighted by Gasteiger charge is -2.15. The summed E-state index contributed by atoms with van der Waals surface area (Å²) in [6.45, 7) is 1.69. The van der Waals surface area contributed by atoms with Crippen LogP contribution in [0.3, 0.4) is 0 Å².